The summed E-state index contributed by atoms with van der Waals surface area (Å²) >= 11 is 0. The molecule has 1 N–H and O–H groups in total. The van der Waals surface area contributed by atoms with Gasteiger partial charge < -0.3 is 9.84 Å². The van der Waals surface area contributed by atoms with Gasteiger partial charge in [-0.1, -0.05) is 12.1 Å². The van der Waals surface area contributed by atoms with Crippen LogP contribution >= 0.6 is 0 Å². The molecule has 15 heavy (non-hydrogen) atoms. The number of benzene rings is 1. The van der Waals surface area contributed by atoms with Gasteiger partial charge in [0, 0.05) is 0 Å². The third-order valence-corrected chi connectivity index (χ3v) is 2.12. The summed E-state index contributed by atoms with van der Waals surface area (Å²) in [5.41, 5.74) is 1.04. The number of aliphatic hydroxyl groups excluding tert-OH is 1. The van der Waals surface area contributed by atoms with Crippen LogP contribution in [-0.2, 0) is 6.42 Å². The van der Waals surface area contributed by atoms with Gasteiger partial charge in [-0.05, 0) is 31.0 Å². The van der Waals surface area contributed by atoms with Crippen LogP contribution in [0.15, 0.2) is 24.3 Å². The zero-order valence-electron chi connectivity index (χ0n) is 8.81. The van der Waals surface area contributed by atoms with Crippen LogP contribution in [0.1, 0.15) is 12.5 Å². The second-order valence-electron chi connectivity index (χ2n) is 3.29. The van der Waals surface area contributed by atoms with Gasteiger partial charge in [0.2, 0.25) is 0 Å². The Labute approximate surface area is 89.9 Å². The van der Waals surface area contributed by atoms with E-state index in [9.17, 15) is 0 Å². The van der Waals surface area contributed by atoms with Crippen molar-refractivity contribution in [3.05, 3.63) is 29.8 Å². The third kappa shape index (κ3) is 3.61. The second-order valence-corrected chi connectivity index (χ2v) is 3.29. The molecule has 0 aliphatic rings. The summed E-state index contributed by atoms with van der Waals surface area (Å²) in [7, 11) is 0. The van der Waals surface area contributed by atoms with Gasteiger partial charge in [0.15, 0.2) is 0 Å². The summed E-state index contributed by atoms with van der Waals surface area (Å²) in [6, 6.07) is 9.66. The number of hydrogen-bond donors (Lipinski definition) is 1. The van der Waals surface area contributed by atoms with E-state index in [0.29, 0.717) is 13.0 Å². The molecule has 3 nitrogen and oxygen atoms in total. The number of nitriles is 1. The molecule has 0 bridgehead atoms. The molecule has 80 valence electrons. The van der Waals surface area contributed by atoms with Crippen molar-refractivity contribution >= 4 is 0 Å². The molecular weight excluding hydrogens is 190 g/mol. The Balaban J connectivity index is 2.60. The third-order valence-electron chi connectivity index (χ3n) is 2.12. The maximum Gasteiger partial charge on any atom is 0.119 e. The van der Waals surface area contributed by atoms with Crippen molar-refractivity contribution in [2.45, 2.75) is 13.3 Å². The molecule has 0 fully saturated rings. The van der Waals surface area contributed by atoms with Crippen LogP contribution in [0.5, 0.6) is 5.75 Å². The molecule has 1 aromatic carbocycles. The highest BCUT2D eigenvalue weighted by molar-refractivity contribution is 5.27. The Morgan fingerprint density at radius 3 is 2.53 bits per heavy atom. The molecule has 1 atom stereocenters. The number of ether oxygens (including phenoxy) is 1. The number of rotatable bonds is 5. The molecule has 0 spiro atoms. The highest BCUT2D eigenvalue weighted by Gasteiger charge is 2.06. The van der Waals surface area contributed by atoms with Crippen LogP contribution in [0.4, 0.5) is 0 Å². The molecule has 0 aromatic heterocycles. The lowest BCUT2D eigenvalue weighted by Gasteiger charge is -2.07. The monoisotopic (exact) mass is 205 g/mol. The average molecular weight is 205 g/mol. The van der Waals surface area contributed by atoms with Crippen LogP contribution in [0.25, 0.3) is 0 Å². The lowest BCUT2D eigenvalue weighted by molar-refractivity contribution is 0.255. The number of aliphatic hydroxyl groups is 1. The van der Waals surface area contributed by atoms with Gasteiger partial charge in [-0.25, -0.2) is 0 Å². The van der Waals surface area contributed by atoms with E-state index >= 15 is 0 Å². The van der Waals surface area contributed by atoms with Crippen molar-refractivity contribution in [3.63, 3.8) is 0 Å². The molecule has 0 saturated carbocycles. The first-order chi connectivity index (χ1) is 7.30. The fourth-order valence-electron chi connectivity index (χ4n) is 1.32. The fourth-order valence-corrected chi connectivity index (χ4v) is 1.32. The highest BCUT2D eigenvalue weighted by atomic mass is 16.5. The van der Waals surface area contributed by atoms with Crippen molar-refractivity contribution in [2.24, 2.45) is 5.92 Å². The van der Waals surface area contributed by atoms with Gasteiger partial charge in [-0.3, -0.25) is 0 Å². The zero-order chi connectivity index (χ0) is 11.1. The predicted molar refractivity (Wildman–Crippen MR) is 57.5 cm³/mol. The highest BCUT2D eigenvalue weighted by Crippen LogP contribution is 2.14. The van der Waals surface area contributed by atoms with Gasteiger partial charge in [0.1, 0.15) is 5.75 Å². The van der Waals surface area contributed by atoms with Crippen LogP contribution in [0.2, 0.25) is 0 Å². The van der Waals surface area contributed by atoms with Crippen LogP contribution < -0.4 is 4.74 Å². The predicted octanol–water partition coefficient (Wildman–Crippen LogP) is 1.76. The minimum atomic E-state index is -0.317. The van der Waals surface area contributed by atoms with Gasteiger partial charge in [0.25, 0.3) is 0 Å². The van der Waals surface area contributed by atoms with Crippen LogP contribution in [0.3, 0.4) is 0 Å². The van der Waals surface area contributed by atoms with Gasteiger partial charge in [-0.2, -0.15) is 5.26 Å². The van der Waals surface area contributed by atoms with E-state index in [1.165, 1.54) is 0 Å². The maximum absolute atomic E-state index is 8.88. The van der Waals surface area contributed by atoms with E-state index in [4.69, 9.17) is 15.1 Å². The summed E-state index contributed by atoms with van der Waals surface area (Å²) in [6.45, 7) is 2.49. The normalized spacial score (nSPS) is 11.8. The topological polar surface area (TPSA) is 53.2 Å². The molecule has 0 saturated heterocycles. The number of hydrogen-bond acceptors (Lipinski definition) is 3. The standard InChI is InChI=1S/C12H15NO2/c1-2-15-12-5-3-10(4-6-12)7-11(8-13)9-14/h3-6,11,14H,2,7,9H2,1H3. The lowest BCUT2D eigenvalue weighted by Crippen LogP contribution is -2.06. The summed E-state index contributed by atoms with van der Waals surface area (Å²) in [4.78, 5) is 0. The molecule has 0 radical (unpaired) electrons. The van der Waals surface area contributed by atoms with E-state index < -0.39 is 0 Å². The molecule has 1 rings (SSSR count). The van der Waals surface area contributed by atoms with Crippen molar-refractivity contribution in [3.8, 4) is 11.8 Å². The average Bonchev–Trinajstić information content (AvgIpc) is 2.28. The Bertz CT molecular complexity index is 326. The minimum Gasteiger partial charge on any atom is -0.494 e. The summed E-state index contributed by atoms with van der Waals surface area (Å²) < 4.78 is 5.30. The SMILES string of the molecule is CCOc1ccc(CC(C#N)CO)cc1. The molecule has 0 heterocycles. The summed E-state index contributed by atoms with van der Waals surface area (Å²) in [6.07, 6.45) is 0.583. The van der Waals surface area contributed by atoms with Crippen molar-refractivity contribution in [1.29, 1.82) is 5.26 Å². The molecule has 0 aliphatic heterocycles. The Kier molecular flexibility index (Phi) is 4.65. The molecule has 3 heteroatoms. The van der Waals surface area contributed by atoms with Crippen LogP contribution in [0, 0.1) is 17.2 Å². The van der Waals surface area contributed by atoms with E-state index in [2.05, 4.69) is 6.07 Å². The van der Waals surface area contributed by atoms with E-state index in [1.54, 1.807) is 0 Å². The van der Waals surface area contributed by atoms with Crippen molar-refractivity contribution < 1.29 is 9.84 Å². The van der Waals surface area contributed by atoms with E-state index in [0.717, 1.165) is 11.3 Å². The van der Waals surface area contributed by atoms with Gasteiger partial charge in [0.05, 0.1) is 25.2 Å². The second kappa shape index (κ2) is 6.05. The maximum atomic E-state index is 8.88. The first kappa shape index (κ1) is 11.5. The van der Waals surface area contributed by atoms with E-state index in [-0.39, 0.29) is 12.5 Å². The zero-order valence-corrected chi connectivity index (χ0v) is 8.81. The summed E-state index contributed by atoms with van der Waals surface area (Å²) in [5, 5.41) is 17.6. The Hall–Kier alpha value is -1.53. The Morgan fingerprint density at radius 2 is 2.07 bits per heavy atom. The first-order valence-corrected chi connectivity index (χ1v) is 5.02. The Morgan fingerprint density at radius 1 is 1.40 bits per heavy atom. The fraction of sp³-hybridized carbons (Fsp3) is 0.417. The first-order valence-electron chi connectivity index (χ1n) is 5.02. The van der Waals surface area contributed by atoms with Crippen molar-refractivity contribution in [2.75, 3.05) is 13.2 Å². The molecule has 0 aliphatic carbocycles. The van der Waals surface area contributed by atoms with E-state index in [1.807, 2.05) is 31.2 Å². The quantitative estimate of drug-likeness (QED) is 0.796. The number of nitrogens with zero attached hydrogens (tertiary/aromatic N) is 1. The van der Waals surface area contributed by atoms with Gasteiger partial charge >= 0.3 is 0 Å². The lowest BCUT2D eigenvalue weighted by atomic mass is 10.0. The molecule has 0 amide bonds. The van der Waals surface area contributed by atoms with Crippen LogP contribution in [-0.4, -0.2) is 18.3 Å². The molecular formula is C12H15NO2. The molecule has 1 aromatic rings. The smallest absolute Gasteiger partial charge is 0.119 e. The van der Waals surface area contributed by atoms with Gasteiger partial charge in [-0.15, -0.1) is 0 Å². The van der Waals surface area contributed by atoms with Crippen molar-refractivity contribution in [1.82, 2.24) is 0 Å². The largest absolute Gasteiger partial charge is 0.494 e. The minimum absolute atomic E-state index is 0.0935. The molecule has 1 unspecified atom stereocenters. The summed E-state index contributed by atoms with van der Waals surface area (Å²) in [5.74, 6) is 0.515.